The fourth-order valence-electron chi connectivity index (χ4n) is 3.68. The van der Waals surface area contributed by atoms with Gasteiger partial charge in [0.2, 0.25) is 0 Å². The number of hydrogen-bond donors (Lipinski definition) is 1. The van der Waals surface area contributed by atoms with E-state index in [1.54, 1.807) is 17.5 Å². The van der Waals surface area contributed by atoms with Crippen LogP contribution in [0, 0.1) is 27.7 Å². The van der Waals surface area contributed by atoms with Gasteiger partial charge < -0.3 is 5.32 Å². The molecule has 30 heavy (non-hydrogen) atoms. The van der Waals surface area contributed by atoms with Gasteiger partial charge in [-0.2, -0.15) is 5.10 Å². The molecule has 0 saturated heterocycles. The van der Waals surface area contributed by atoms with Gasteiger partial charge in [-0.3, -0.25) is 9.78 Å². The molecular formula is C23H25N5OS. The van der Waals surface area contributed by atoms with E-state index in [9.17, 15) is 4.79 Å². The first kappa shape index (κ1) is 20.2. The molecular weight excluding hydrogens is 394 g/mol. The van der Waals surface area contributed by atoms with Crippen LogP contribution in [0.25, 0.3) is 21.6 Å². The number of nitrogens with one attached hydrogen (secondary N) is 1. The second-order valence-corrected chi connectivity index (χ2v) is 9.17. The molecule has 0 bridgehead atoms. The summed E-state index contributed by atoms with van der Waals surface area (Å²) in [5, 5.41) is 8.31. The number of amides is 1. The minimum Gasteiger partial charge on any atom is -0.320 e. The summed E-state index contributed by atoms with van der Waals surface area (Å²) >= 11 is 1.66. The van der Waals surface area contributed by atoms with Crippen molar-refractivity contribution in [3.63, 3.8) is 0 Å². The van der Waals surface area contributed by atoms with Crippen molar-refractivity contribution in [2.45, 2.75) is 47.6 Å². The van der Waals surface area contributed by atoms with Gasteiger partial charge in [0.15, 0.2) is 5.65 Å². The molecule has 0 spiro atoms. The number of pyridine rings is 2. The van der Waals surface area contributed by atoms with Crippen molar-refractivity contribution in [3.8, 4) is 10.6 Å². The molecule has 0 unspecified atom stereocenters. The molecule has 0 saturated carbocycles. The third-order valence-corrected chi connectivity index (χ3v) is 6.08. The Balaban J connectivity index is 1.86. The van der Waals surface area contributed by atoms with Crippen LogP contribution in [0.2, 0.25) is 0 Å². The van der Waals surface area contributed by atoms with E-state index in [1.807, 2.05) is 43.7 Å². The predicted octanol–water partition coefficient (Wildman–Crippen LogP) is 5.62. The Labute approximate surface area is 180 Å². The highest BCUT2D eigenvalue weighted by atomic mass is 32.1. The van der Waals surface area contributed by atoms with Gasteiger partial charge in [-0.1, -0.05) is 0 Å². The summed E-state index contributed by atoms with van der Waals surface area (Å²) in [5.74, 6) is -0.183. The van der Waals surface area contributed by atoms with Gasteiger partial charge in [0.1, 0.15) is 0 Å². The molecule has 0 atom stereocenters. The smallest absolute Gasteiger partial charge is 0.256 e. The standard InChI is InChI=1S/C23H25N5OS/c1-12(2)28-22-18(11-24-28)17(10-19(26-22)20-8-7-15(5)30-20)23(29)27-21-13(3)9-14(4)25-16(21)6/h7-12H,1-6H3,(H,27,29). The van der Waals surface area contributed by atoms with E-state index in [4.69, 9.17) is 4.98 Å². The summed E-state index contributed by atoms with van der Waals surface area (Å²) in [7, 11) is 0. The van der Waals surface area contributed by atoms with Gasteiger partial charge in [-0.05, 0) is 71.4 Å². The highest BCUT2D eigenvalue weighted by Gasteiger charge is 2.20. The van der Waals surface area contributed by atoms with E-state index in [-0.39, 0.29) is 11.9 Å². The Hall–Kier alpha value is -3.06. The molecule has 1 N–H and O–H groups in total. The summed E-state index contributed by atoms with van der Waals surface area (Å²) in [6, 6.07) is 8.08. The van der Waals surface area contributed by atoms with Crippen LogP contribution in [0.5, 0.6) is 0 Å². The first-order valence-electron chi connectivity index (χ1n) is 9.96. The van der Waals surface area contributed by atoms with Crippen LogP contribution in [0.3, 0.4) is 0 Å². The maximum absolute atomic E-state index is 13.4. The zero-order chi connectivity index (χ0) is 21.6. The number of hydrogen-bond acceptors (Lipinski definition) is 5. The highest BCUT2D eigenvalue weighted by molar-refractivity contribution is 7.15. The van der Waals surface area contributed by atoms with E-state index in [1.165, 1.54) is 4.88 Å². The molecule has 7 heteroatoms. The third-order valence-electron chi connectivity index (χ3n) is 5.06. The van der Waals surface area contributed by atoms with E-state index in [0.29, 0.717) is 11.2 Å². The van der Waals surface area contributed by atoms with Crippen LogP contribution < -0.4 is 5.32 Å². The molecule has 6 nitrogen and oxygen atoms in total. The maximum atomic E-state index is 13.4. The van der Waals surface area contributed by atoms with Crippen LogP contribution in [0.15, 0.2) is 30.5 Å². The number of thiophene rings is 1. The van der Waals surface area contributed by atoms with Crippen molar-refractivity contribution >= 4 is 34.0 Å². The molecule has 0 aliphatic heterocycles. The van der Waals surface area contributed by atoms with E-state index >= 15 is 0 Å². The minimum atomic E-state index is -0.183. The van der Waals surface area contributed by atoms with Gasteiger partial charge in [-0.25, -0.2) is 9.67 Å². The van der Waals surface area contributed by atoms with Crippen molar-refractivity contribution < 1.29 is 4.79 Å². The highest BCUT2D eigenvalue weighted by Crippen LogP contribution is 2.31. The number of aryl methyl sites for hydroxylation is 4. The lowest BCUT2D eigenvalue weighted by Gasteiger charge is -2.13. The number of nitrogens with zero attached hydrogens (tertiary/aromatic N) is 4. The van der Waals surface area contributed by atoms with Crippen molar-refractivity contribution in [2.75, 3.05) is 5.32 Å². The lowest BCUT2D eigenvalue weighted by atomic mass is 10.1. The van der Waals surface area contributed by atoms with Crippen LogP contribution in [-0.2, 0) is 0 Å². The van der Waals surface area contributed by atoms with Gasteiger partial charge in [0.05, 0.1) is 39.1 Å². The van der Waals surface area contributed by atoms with E-state index in [0.717, 1.165) is 38.6 Å². The Morgan fingerprint density at radius 1 is 1.10 bits per heavy atom. The Morgan fingerprint density at radius 3 is 2.50 bits per heavy atom. The van der Waals surface area contributed by atoms with Crippen LogP contribution in [0.4, 0.5) is 5.69 Å². The molecule has 0 aliphatic carbocycles. The molecule has 0 aromatic carbocycles. The fourth-order valence-corrected chi connectivity index (χ4v) is 4.50. The van der Waals surface area contributed by atoms with E-state index in [2.05, 4.69) is 42.2 Å². The predicted molar refractivity (Wildman–Crippen MR) is 122 cm³/mol. The van der Waals surface area contributed by atoms with Crippen LogP contribution in [-0.4, -0.2) is 25.7 Å². The molecule has 4 rings (SSSR count). The zero-order valence-corrected chi connectivity index (χ0v) is 18.9. The molecule has 154 valence electrons. The fraction of sp³-hybridized carbons (Fsp3) is 0.304. The van der Waals surface area contributed by atoms with Crippen molar-refractivity contribution in [1.82, 2.24) is 19.7 Å². The summed E-state index contributed by atoms with van der Waals surface area (Å²) in [6.07, 6.45) is 1.73. The summed E-state index contributed by atoms with van der Waals surface area (Å²) in [4.78, 5) is 25.0. The number of anilines is 1. The number of rotatable bonds is 4. The van der Waals surface area contributed by atoms with Crippen LogP contribution >= 0.6 is 11.3 Å². The lowest BCUT2D eigenvalue weighted by Crippen LogP contribution is -2.15. The second kappa shape index (κ2) is 7.65. The van der Waals surface area contributed by atoms with Crippen LogP contribution in [0.1, 0.15) is 52.1 Å². The molecule has 0 aliphatic rings. The SMILES string of the molecule is Cc1cc(C)c(NC(=O)c2cc(-c3ccc(C)s3)nc3c2cnn3C(C)C)c(C)n1. The normalized spacial score (nSPS) is 11.4. The molecule has 0 fully saturated rings. The monoisotopic (exact) mass is 419 g/mol. The average Bonchev–Trinajstić information content (AvgIpc) is 3.29. The summed E-state index contributed by atoms with van der Waals surface area (Å²) in [5.41, 5.74) is 5.54. The number of carbonyl (C=O) groups is 1. The quantitative estimate of drug-likeness (QED) is 0.466. The van der Waals surface area contributed by atoms with Gasteiger partial charge >= 0.3 is 0 Å². The summed E-state index contributed by atoms with van der Waals surface area (Å²) in [6.45, 7) is 12.0. The molecule has 0 radical (unpaired) electrons. The minimum absolute atomic E-state index is 0.136. The Morgan fingerprint density at radius 2 is 1.87 bits per heavy atom. The second-order valence-electron chi connectivity index (χ2n) is 7.88. The average molecular weight is 420 g/mol. The molecule has 4 aromatic heterocycles. The van der Waals surface area contributed by atoms with Crippen molar-refractivity contribution in [2.24, 2.45) is 0 Å². The zero-order valence-electron chi connectivity index (χ0n) is 18.1. The lowest BCUT2D eigenvalue weighted by molar-refractivity contribution is 0.102. The first-order valence-corrected chi connectivity index (χ1v) is 10.8. The largest absolute Gasteiger partial charge is 0.320 e. The molecule has 4 heterocycles. The molecule has 1 amide bonds. The topological polar surface area (TPSA) is 72.7 Å². The molecule has 4 aromatic rings. The maximum Gasteiger partial charge on any atom is 0.256 e. The first-order chi connectivity index (χ1) is 14.2. The van der Waals surface area contributed by atoms with Gasteiger partial charge in [-0.15, -0.1) is 11.3 Å². The van der Waals surface area contributed by atoms with Gasteiger partial charge in [0, 0.05) is 16.6 Å². The van der Waals surface area contributed by atoms with Gasteiger partial charge in [0.25, 0.3) is 5.91 Å². The number of fused-ring (bicyclic) bond motifs is 1. The Bertz CT molecular complexity index is 1250. The number of carbonyl (C=O) groups excluding carboxylic acids is 1. The Kier molecular flexibility index (Phi) is 5.15. The number of aromatic nitrogens is 4. The third kappa shape index (κ3) is 3.61. The summed E-state index contributed by atoms with van der Waals surface area (Å²) < 4.78 is 1.86. The van der Waals surface area contributed by atoms with Crippen molar-refractivity contribution in [3.05, 3.63) is 57.9 Å². The van der Waals surface area contributed by atoms with Crippen molar-refractivity contribution in [1.29, 1.82) is 0 Å². The van der Waals surface area contributed by atoms with E-state index < -0.39 is 0 Å².